The molecule has 1 heterocycles. The Morgan fingerprint density at radius 1 is 1.25 bits per heavy atom. The molecule has 0 saturated carbocycles. The zero-order chi connectivity index (χ0) is 8.39. The highest BCUT2D eigenvalue weighted by molar-refractivity contribution is 5.78. The summed E-state index contributed by atoms with van der Waals surface area (Å²) in [6.07, 6.45) is 1.73. The van der Waals surface area contributed by atoms with Crippen molar-refractivity contribution in [3.63, 3.8) is 0 Å². The van der Waals surface area contributed by atoms with Gasteiger partial charge in [-0.15, -0.1) is 0 Å². The van der Waals surface area contributed by atoms with Crippen molar-refractivity contribution in [2.45, 2.75) is 6.67 Å². The van der Waals surface area contributed by atoms with Crippen molar-refractivity contribution in [2.75, 3.05) is 0 Å². The lowest BCUT2D eigenvalue weighted by molar-refractivity contribution is 0.485. The second-order valence-electron chi connectivity index (χ2n) is 2.66. The van der Waals surface area contributed by atoms with Crippen molar-refractivity contribution in [3.05, 3.63) is 42.1 Å². The summed E-state index contributed by atoms with van der Waals surface area (Å²) in [6, 6.07) is 9.20. The molecule has 12 heavy (non-hydrogen) atoms. The third-order valence-electron chi connectivity index (χ3n) is 1.82. The van der Waals surface area contributed by atoms with Crippen LogP contribution in [0.4, 0.5) is 4.39 Å². The fourth-order valence-corrected chi connectivity index (χ4v) is 1.21. The predicted molar refractivity (Wildman–Crippen MR) is 46.6 cm³/mol. The maximum atomic E-state index is 12.2. The smallest absolute Gasteiger partial charge is 0.115 e. The second kappa shape index (κ2) is 2.89. The Morgan fingerprint density at radius 3 is 3.00 bits per heavy atom. The monoisotopic (exact) mass is 161 g/mol. The van der Waals surface area contributed by atoms with Crippen molar-refractivity contribution >= 4 is 10.9 Å². The number of rotatable bonds is 1. The van der Waals surface area contributed by atoms with E-state index in [2.05, 4.69) is 4.98 Å². The van der Waals surface area contributed by atoms with Crippen molar-refractivity contribution in [1.82, 2.24) is 4.98 Å². The maximum Gasteiger partial charge on any atom is 0.115 e. The lowest BCUT2D eigenvalue weighted by Crippen LogP contribution is -1.80. The van der Waals surface area contributed by atoms with Gasteiger partial charge in [0.25, 0.3) is 0 Å². The van der Waals surface area contributed by atoms with Crippen LogP contribution in [0.3, 0.4) is 0 Å². The molecule has 0 aliphatic heterocycles. The molecule has 0 radical (unpaired) electrons. The summed E-state index contributed by atoms with van der Waals surface area (Å²) in [4.78, 5) is 4.13. The first kappa shape index (κ1) is 7.22. The minimum absolute atomic E-state index is 0.412. The van der Waals surface area contributed by atoms with E-state index in [1.807, 2.05) is 24.3 Å². The van der Waals surface area contributed by atoms with Crippen LogP contribution in [0, 0.1) is 0 Å². The molecule has 0 bridgehead atoms. The molecule has 1 nitrogen and oxygen atoms in total. The van der Waals surface area contributed by atoms with Crippen molar-refractivity contribution in [1.29, 1.82) is 0 Å². The number of alkyl halides is 1. The summed E-state index contributed by atoms with van der Waals surface area (Å²) in [5, 5.41) is 0.993. The fourth-order valence-electron chi connectivity index (χ4n) is 1.21. The zero-order valence-corrected chi connectivity index (χ0v) is 6.50. The minimum atomic E-state index is -0.412. The van der Waals surface area contributed by atoms with Crippen LogP contribution in [-0.4, -0.2) is 4.98 Å². The van der Waals surface area contributed by atoms with E-state index in [4.69, 9.17) is 0 Å². The van der Waals surface area contributed by atoms with Crippen molar-refractivity contribution in [2.24, 2.45) is 0 Å². The molecular formula is C10H8FN. The summed E-state index contributed by atoms with van der Waals surface area (Å²) >= 11 is 0. The Kier molecular flexibility index (Phi) is 1.74. The van der Waals surface area contributed by atoms with E-state index in [0.717, 1.165) is 10.9 Å². The van der Waals surface area contributed by atoms with Gasteiger partial charge in [-0.2, -0.15) is 0 Å². The van der Waals surface area contributed by atoms with Crippen LogP contribution in [0.25, 0.3) is 10.9 Å². The molecule has 0 atom stereocenters. The van der Waals surface area contributed by atoms with Crippen LogP contribution in [0.15, 0.2) is 36.5 Å². The van der Waals surface area contributed by atoms with Gasteiger partial charge in [-0.3, -0.25) is 4.98 Å². The van der Waals surface area contributed by atoms with Crippen molar-refractivity contribution < 1.29 is 4.39 Å². The van der Waals surface area contributed by atoms with Gasteiger partial charge in [-0.25, -0.2) is 4.39 Å². The quantitative estimate of drug-likeness (QED) is 0.626. The van der Waals surface area contributed by atoms with Gasteiger partial charge in [0.15, 0.2) is 0 Å². The third kappa shape index (κ3) is 1.16. The molecule has 0 unspecified atom stereocenters. The Bertz CT molecular complexity index is 398. The van der Waals surface area contributed by atoms with Crippen LogP contribution < -0.4 is 0 Å². The summed E-state index contributed by atoms with van der Waals surface area (Å²) in [6.45, 7) is -0.412. The molecule has 0 fully saturated rings. The molecule has 0 amide bonds. The number of aromatic nitrogens is 1. The van der Waals surface area contributed by atoms with E-state index in [9.17, 15) is 4.39 Å². The average Bonchev–Trinajstić information content (AvgIpc) is 2.17. The number of hydrogen-bond donors (Lipinski definition) is 0. The van der Waals surface area contributed by atoms with E-state index >= 15 is 0 Å². The first-order chi connectivity index (χ1) is 5.90. The van der Waals surface area contributed by atoms with Gasteiger partial charge >= 0.3 is 0 Å². The maximum absolute atomic E-state index is 12.2. The summed E-state index contributed by atoms with van der Waals surface area (Å²) < 4.78 is 12.2. The van der Waals surface area contributed by atoms with Gasteiger partial charge in [-0.05, 0) is 23.8 Å². The number of hydrogen-bond acceptors (Lipinski definition) is 1. The van der Waals surface area contributed by atoms with Gasteiger partial charge in [-0.1, -0.05) is 12.1 Å². The SMILES string of the molecule is FCc1ccc2ncccc2c1. The number of benzene rings is 1. The topological polar surface area (TPSA) is 12.9 Å². The van der Waals surface area contributed by atoms with E-state index in [0.29, 0.717) is 5.56 Å². The van der Waals surface area contributed by atoms with E-state index in [-0.39, 0.29) is 0 Å². The van der Waals surface area contributed by atoms with E-state index in [1.54, 1.807) is 12.3 Å². The lowest BCUT2D eigenvalue weighted by Gasteiger charge is -1.97. The Morgan fingerprint density at radius 2 is 2.17 bits per heavy atom. The average molecular weight is 161 g/mol. The molecule has 60 valence electrons. The highest BCUT2D eigenvalue weighted by Gasteiger charge is 1.94. The van der Waals surface area contributed by atoms with Gasteiger partial charge in [0.05, 0.1) is 5.52 Å². The molecule has 2 aromatic rings. The Balaban J connectivity index is 2.67. The fraction of sp³-hybridized carbons (Fsp3) is 0.100. The van der Waals surface area contributed by atoms with Crippen LogP contribution in [0.5, 0.6) is 0 Å². The predicted octanol–water partition coefficient (Wildman–Crippen LogP) is 2.70. The standard InChI is InChI=1S/C10H8FN/c11-7-8-3-4-10-9(6-8)2-1-5-12-10/h1-6H,7H2. The largest absolute Gasteiger partial charge is 0.256 e. The van der Waals surface area contributed by atoms with Crippen LogP contribution >= 0.6 is 0 Å². The van der Waals surface area contributed by atoms with Crippen LogP contribution in [0.2, 0.25) is 0 Å². The molecule has 0 aliphatic carbocycles. The Hall–Kier alpha value is -1.44. The van der Waals surface area contributed by atoms with Crippen LogP contribution in [-0.2, 0) is 6.67 Å². The van der Waals surface area contributed by atoms with Crippen molar-refractivity contribution in [3.8, 4) is 0 Å². The Labute approximate surface area is 69.9 Å². The third-order valence-corrected chi connectivity index (χ3v) is 1.82. The van der Waals surface area contributed by atoms with Gasteiger partial charge in [0, 0.05) is 11.6 Å². The highest BCUT2D eigenvalue weighted by atomic mass is 19.1. The highest BCUT2D eigenvalue weighted by Crippen LogP contribution is 2.13. The molecule has 2 heteroatoms. The van der Waals surface area contributed by atoms with Gasteiger partial charge < -0.3 is 0 Å². The van der Waals surface area contributed by atoms with Crippen LogP contribution in [0.1, 0.15) is 5.56 Å². The molecule has 0 aliphatic rings. The molecule has 1 aromatic carbocycles. The minimum Gasteiger partial charge on any atom is -0.256 e. The molecule has 0 spiro atoms. The molecule has 1 aromatic heterocycles. The van der Waals surface area contributed by atoms with E-state index in [1.165, 1.54) is 0 Å². The molecule has 0 N–H and O–H groups in total. The first-order valence-electron chi connectivity index (χ1n) is 3.80. The van der Waals surface area contributed by atoms with Gasteiger partial charge in [0.1, 0.15) is 6.67 Å². The lowest BCUT2D eigenvalue weighted by atomic mass is 10.1. The van der Waals surface area contributed by atoms with E-state index < -0.39 is 6.67 Å². The summed E-state index contributed by atoms with van der Waals surface area (Å²) in [5.74, 6) is 0. The number of fused-ring (bicyclic) bond motifs is 1. The molecule has 2 rings (SSSR count). The molecular weight excluding hydrogens is 153 g/mol. The number of pyridine rings is 1. The zero-order valence-electron chi connectivity index (χ0n) is 6.50. The number of halogens is 1. The normalized spacial score (nSPS) is 10.4. The second-order valence-corrected chi connectivity index (χ2v) is 2.66. The van der Waals surface area contributed by atoms with Gasteiger partial charge in [0.2, 0.25) is 0 Å². The molecule has 0 saturated heterocycles. The first-order valence-corrected chi connectivity index (χ1v) is 3.80. The summed E-state index contributed by atoms with van der Waals surface area (Å²) in [5.41, 5.74) is 1.62. The summed E-state index contributed by atoms with van der Waals surface area (Å²) in [7, 11) is 0. The number of nitrogens with zero attached hydrogens (tertiary/aromatic N) is 1.